The molecule has 0 aliphatic carbocycles. The van der Waals surface area contributed by atoms with Gasteiger partial charge in [-0.1, -0.05) is 29.8 Å². The van der Waals surface area contributed by atoms with Gasteiger partial charge in [0.05, 0.1) is 11.4 Å². The number of fused-ring (bicyclic) bond motifs is 1. The molecule has 23 heavy (non-hydrogen) atoms. The van der Waals surface area contributed by atoms with Gasteiger partial charge in [0.2, 0.25) is 0 Å². The number of aryl methyl sites for hydroxylation is 1. The molecule has 0 radical (unpaired) electrons. The maximum Gasteiger partial charge on any atom is 0.137 e. The first-order chi connectivity index (χ1) is 11.2. The van der Waals surface area contributed by atoms with Crippen molar-refractivity contribution in [3.8, 4) is 11.3 Å². The van der Waals surface area contributed by atoms with Gasteiger partial charge < -0.3 is 10.1 Å². The van der Waals surface area contributed by atoms with Crippen molar-refractivity contribution in [1.82, 2.24) is 14.3 Å². The molecule has 4 heteroatoms. The fourth-order valence-corrected chi connectivity index (χ4v) is 3.36. The summed E-state index contributed by atoms with van der Waals surface area (Å²) < 4.78 is 2.16. The molecule has 1 aromatic carbocycles. The van der Waals surface area contributed by atoms with Crippen LogP contribution in [0.3, 0.4) is 0 Å². The second kappa shape index (κ2) is 5.70. The average molecular weight is 306 g/mol. The number of pyridine rings is 1. The quantitative estimate of drug-likeness (QED) is 0.806. The van der Waals surface area contributed by atoms with Crippen LogP contribution in [0.4, 0.5) is 5.69 Å². The van der Waals surface area contributed by atoms with Crippen LogP contribution < -0.4 is 5.73 Å². The minimum atomic E-state index is 0.771. The normalized spacial score (nSPS) is 15.5. The van der Waals surface area contributed by atoms with Gasteiger partial charge in [0.1, 0.15) is 5.65 Å². The summed E-state index contributed by atoms with van der Waals surface area (Å²) >= 11 is 0. The molecule has 0 amide bonds. The molecule has 1 fully saturated rings. The van der Waals surface area contributed by atoms with E-state index in [1.54, 1.807) is 0 Å². The molecule has 0 spiro atoms. The molecule has 3 aromatic rings. The highest BCUT2D eigenvalue weighted by molar-refractivity contribution is 5.67. The van der Waals surface area contributed by atoms with Crippen molar-refractivity contribution in [3.63, 3.8) is 0 Å². The number of imidazole rings is 1. The highest BCUT2D eigenvalue weighted by Gasteiger charge is 2.19. The SMILES string of the molecule is Cc1ccc(-c2nc3ccc(N)cn3c2CN2CCCC2)cc1. The molecule has 118 valence electrons. The zero-order chi connectivity index (χ0) is 15.8. The fourth-order valence-electron chi connectivity index (χ4n) is 3.36. The third-order valence-corrected chi connectivity index (χ3v) is 4.64. The molecule has 0 bridgehead atoms. The van der Waals surface area contributed by atoms with Gasteiger partial charge in [-0.15, -0.1) is 0 Å². The molecule has 0 atom stereocenters. The van der Waals surface area contributed by atoms with E-state index >= 15 is 0 Å². The smallest absolute Gasteiger partial charge is 0.137 e. The summed E-state index contributed by atoms with van der Waals surface area (Å²) in [5.41, 5.74) is 12.5. The monoisotopic (exact) mass is 306 g/mol. The Morgan fingerprint density at radius 2 is 1.78 bits per heavy atom. The number of nitrogens with two attached hydrogens (primary N) is 1. The Morgan fingerprint density at radius 1 is 1.04 bits per heavy atom. The number of nitrogen functional groups attached to an aromatic ring is 1. The summed E-state index contributed by atoms with van der Waals surface area (Å²) in [5, 5.41) is 0. The summed E-state index contributed by atoms with van der Waals surface area (Å²) in [6.45, 7) is 5.37. The standard InChI is InChI=1S/C19H22N4/c1-14-4-6-15(7-5-14)19-17(13-22-10-2-3-11-22)23-12-16(20)8-9-18(23)21-19/h4-9,12H,2-3,10-11,13,20H2,1H3. The van der Waals surface area contributed by atoms with Gasteiger partial charge in [-0.2, -0.15) is 0 Å². The number of nitrogens with zero attached hydrogens (tertiary/aromatic N) is 3. The van der Waals surface area contributed by atoms with Gasteiger partial charge in [-0.3, -0.25) is 4.90 Å². The fraction of sp³-hybridized carbons (Fsp3) is 0.316. The molecule has 3 heterocycles. The Morgan fingerprint density at radius 3 is 2.52 bits per heavy atom. The highest BCUT2D eigenvalue weighted by Crippen LogP contribution is 2.27. The lowest BCUT2D eigenvalue weighted by atomic mass is 10.1. The molecule has 2 N–H and O–H groups in total. The van der Waals surface area contributed by atoms with Gasteiger partial charge in [-0.25, -0.2) is 4.98 Å². The summed E-state index contributed by atoms with van der Waals surface area (Å²) in [5.74, 6) is 0. The van der Waals surface area contributed by atoms with Crippen molar-refractivity contribution in [1.29, 1.82) is 0 Å². The molecular formula is C19H22N4. The first-order valence-corrected chi connectivity index (χ1v) is 8.26. The van der Waals surface area contributed by atoms with E-state index in [1.165, 1.54) is 42.8 Å². The second-order valence-corrected chi connectivity index (χ2v) is 6.45. The maximum absolute atomic E-state index is 6.01. The number of likely N-dealkylation sites (tertiary alicyclic amines) is 1. The van der Waals surface area contributed by atoms with Gasteiger partial charge >= 0.3 is 0 Å². The summed E-state index contributed by atoms with van der Waals surface area (Å²) in [6, 6.07) is 12.5. The van der Waals surface area contributed by atoms with Crippen LogP contribution in [0.5, 0.6) is 0 Å². The van der Waals surface area contributed by atoms with Crippen molar-refractivity contribution in [2.75, 3.05) is 18.8 Å². The third-order valence-electron chi connectivity index (χ3n) is 4.64. The van der Waals surface area contributed by atoms with Crippen molar-refractivity contribution in [2.24, 2.45) is 0 Å². The van der Waals surface area contributed by atoms with Crippen LogP contribution in [0.15, 0.2) is 42.6 Å². The topological polar surface area (TPSA) is 46.6 Å². The van der Waals surface area contributed by atoms with E-state index in [9.17, 15) is 0 Å². The van der Waals surface area contributed by atoms with Gasteiger partial charge in [-0.05, 0) is 45.0 Å². The molecule has 0 unspecified atom stereocenters. The van der Waals surface area contributed by atoms with Gasteiger partial charge in [0, 0.05) is 24.0 Å². The molecule has 1 aliphatic rings. The average Bonchev–Trinajstić information content (AvgIpc) is 3.17. The van der Waals surface area contributed by atoms with Crippen molar-refractivity contribution in [2.45, 2.75) is 26.3 Å². The van der Waals surface area contributed by atoms with Crippen LogP contribution in [0.2, 0.25) is 0 Å². The Hall–Kier alpha value is -2.33. The number of rotatable bonds is 3. The minimum Gasteiger partial charge on any atom is -0.398 e. The molecule has 1 saturated heterocycles. The number of hydrogen-bond donors (Lipinski definition) is 1. The van der Waals surface area contributed by atoms with Crippen LogP contribution in [-0.2, 0) is 6.54 Å². The molecule has 1 aliphatic heterocycles. The van der Waals surface area contributed by atoms with E-state index < -0.39 is 0 Å². The lowest BCUT2D eigenvalue weighted by Crippen LogP contribution is -2.20. The van der Waals surface area contributed by atoms with Crippen molar-refractivity contribution in [3.05, 3.63) is 53.9 Å². The van der Waals surface area contributed by atoms with E-state index in [4.69, 9.17) is 10.7 Å². The predicted molar refractivity (Wildman–Crippen MR) is 94.3 cm³/mol. The molecular weight excluding hydrogens is 284 g/mol. The number of benzene rings is 1. The van der Waals surface area contributed by atoms with E-state index in [-0.39, 0.29) is 0 Å². The van der Waals surface area contributed by atoms with Crippen LogP contribution in [-0.4, -0.2) is 27.4 Å². The van der Waals surface area contributed by atoms with E-state index in [0.29, 0.717) is 0 Å². The highest BCUT2D eigenvalue weighted by atomic mass is 15.2. The zero-order valence-electron chi connectivity index (χ0n) is 13.5. The minimum absolute atomic E-state index is 0.771. The Labute approximate surface area is 136 Å². The largest absolute Gasteiger partial charge is 0.398 e. The predicted octanol–water partition coefficient (Wildman–Crippen LogP) is 3.49. The lowest BCUT2D eigenvalue weighted by molar-refractivity contribution is 0.327. The van der Waals surface area contributed by atoms with Crippen LogP contribution in [0.1, 0.15) is 24.1 Å². The number of anilines is 1. The number of hydrogen-bond acceptors (Lipinski definition) is 3. The second-order valence-electron chi connectivity index (χ2n) is 6.45. The van der Waals surface area contributed by atoms with Crippen LogP contribution in [0.25, 0.3) is 16.9 Å². The van der Waals surface area contributed by atoms with E-state index in [0.717, 1.165) is 23.6 Å². The van der Waals surface area contributed by atoms with Crippen molar-refractivity contribution >= 4 is 11.3 Å². The summed E-state index contributed by atoms with van der Waals surface area (Å²) in [6.07, 6.45) is 4.57. The van der Waals surface area contributed by atoms with Crippen molar-refractivity contribution < 1.29 is 0 Å². The zero-order valence-corrected chi connectivity index (χ0v) is 13.5. The Bertz CT molecular complexity index is 826. The van der Waals surface area contributed by atoms with Crippen LogP contribution in [0, 0.1) is 6.92 Å². The third kappa shape index (κ3) is 2.70. The number of aromatic nitrogens is 2. The summed E-state index contributed by atoms with van der Waals surface area (Å²) in [7, 11) is 0. The molecule has 0 saturated carbocycles. The van der Waals surface area contributed by atoms with Gasteiger partial charge in [0.25, 0.3) is 0 Å². The Balaban J connectivity index is 1.85. The molecule has 4 nitrogen and oxygen atoms in total. The van der Waals surface area contributed by atoms with E-state index in [1.807, 2.05) is 18.3 Å². The van der Waals surface area contributed by atoms with Crippen LogP contribution >= 0.6 is 0 Å². The Kier molecular flexibility index (Phi) is 3.54. The van der Waals surface area contributed by atoms with E-state index in [2.05, 4.69) is 40.5 Å². The first-order valence-electron chi connectivity index (χ1n) is 8.26. The molecule has 2 aromatic heterocycles. The molecule has 4 rings (SSSR count). The maximum atomic E-state index is 6.01. The first kappa shape index (κ1) is 14.3. The van der Waals surface area contributed by atoms with Gasteiger partial charge in [0.15, 0.2) is 0 Å². The summed E-state index contributed by atoms with van der Waals surface area (Å²) in [4.78, 5) is 7.38. The lowest BCUT2D eigenvalue weighted by Gasteiger charge is -2.15.